The first-order chi connectivity index (χ1) is 13.8. The fraction of sp³-hybridized carbons (Fsp3) is 0.0370. The number of aryl methyl sites for hydroxylation is 1. The third-order valence-corrected chi connectivity index (χ3v) is 5.26. The molecule has 28 heavy (non-hydrogen) atoms. The maximum atomic E-state index is 2.36. The van der Waals surface area contributed by atoms with E-state index in [4.69, 9.17) is 0 Å². The van der Waals surface area contributed by atoms with E-state index in [1.807, 2.05) is 0 Å². The molecule has 0 saturated heterocycles. The average Bonchev–Trinajstić information content (AvgIpc) is 2.74. The summed E-state index contributed by atoms with van der Waals surface area (Å²) in [5.41, 5.74) is 4.79. The molecule has 0 spiro atoms. The van der Waals surface area contributed by atoms with Gasteiger partial charge in [-0.15, -0.1) is 0 Å². The van der Waals surface area contributed by atoms with Gasteiger partial charge in [0.25, 0.3) is 0 Å². The maximum Gasteiger partial charge on any atom is 0.0540 e. The molecule has 0 atom stereocenters. The van der Waals surface area contributed by atoms with Crippen molar-refractivity contribution in [1.29, 1.82) is 0 Å². The second-order valence-electron chi connectivity index (χ2n) is 7.20. The maximum absolute atomic E-state index is 2.36. The quantitative estimate of drug-likeness (QED) is 0.318. The highest BCUT2D eigenvalue weighted by atomic mass is 15.1. The van der Waals surface area contributed by atoms with Crippen LogP contribution in [0.15, 0.2) is 109 Å². The Morgan fingerprint density at radius 1 is 0.500 bits per heavy atom. The predicted molar refractivity (Wildman–Crippen MR) is 121 cm³/mol. The lowest BCUT2D eigenvalue weighted by Gasteiger charge is -2.27. The van der Waals surface area contributed by atoms with Crippen molar-refractivity contribution in [3.05, 3.63) is 115 Å². The summed E-state index contributed by atoms with van der Waals surface area (Å²) < 4.78 is 0. The highest BCUT2D eigenvalue weighted by molar-refractivity contribution is 6.00. The van der Waals surface area contributed by atoms with Gasteiger partial charge in [-0.05, 0) is 59.0 Å². The van der Waals surface area contributed by atoms with Gasteiger partial charge in [-0.2, -0.15) is 0 Å². The van der Waals surface area contributed by atoms with Gasteiger partial charge < -0.3 is 4.90 Å². The lowest BCUT2D eigenvalue weighted by Crippen LogP contribution is -2.10. The van der Waals surface area contributed by atoms with Crippen LogP contribution in [-0.2, 0) is 0 Å². The van der Waals surface area contributed by atoms with Gasteiger partial charge in [-0.25, -0.2) is 0 Å². The van der Waals surface area contributed by atoms with Crippen LogP contribution in [0.25, 0.3) is 21.5 Å². The number of hydrogen-bond donors (Lipinski definition) is 0. The second kappa shape index (κ2) is 6.86. The van der Waals surface area contributed by atoms with E-state index in [-0.39, 0.29) is 0 Å². The molecule has 5 rings (SSSR count). The average molecular weight is 359 g/mol. The van der Waals surface area contributed by atoms with Crippen molar-refractivity contribution in [3.8, 4) is 0 Å². The molecular formula is C27H21N. The van der Waals surface area contributed by atoms with E-state index in [1.165, 1.54) is 44.2 Å². The van der Waals surface area contributed by atoms with Crippen LogP contribution in [-0.4, -0.2) is 0 Å². The van der Waals surface area contributed by atoms with Gasteiger partial charge in [0.1, 0.15) is 0 Å². The third kappa shape index (κ3) is 2.91. The van der Waals surface area contributed by atoms with Crippen molar-refractivity contribution in [1.82, 2.24) is 0 Å². The van der Waals surface area contributed by atoms with E-state index in [0.717, 1.165) is 0 Å². The lowest BCUT2D eigenvalue weighted by molar-refractivity contribution is 1.29. The van der Waals surface area contributed by atoms with Gasteiger partial charge in [-0.1, -0.05) is 78.9 Å². The first-order valence-corrected chi connectivity index (χ1v) is 9.63. The van der Waals surface area contributed by atoms with Crippen molar-refractivity contribution >= 4 is 38.6 Å². The summed E-state index contributed by atoms with van der Waals surface area (Å²) in [6.45, 7) is 2.14. The molecule has 0 heterocycles. The Bertz CT molecular complexity index is 1280. The zero-order valence-corrected chi connectivity index (χ0v) is 15.8. The highest BCUT2D eigenvalue weighted by Crippen LogP contribution is 2.39. The molecule has 1 nitrogen and oxygen atoms in total. The summed E-state index contributed by atoms with van der Waals surface area (Å²) in [6, 6.07) is 39.0. The number of rotatable bonds is 3. The smallest absolute Gasteiger partial charge is 0.0540 e. The van der Waals surface area contributed by atoms with Gasteiger partial charge in [0, 0.05) is 16.8 Å². The zero-order valence-electron chi connectivity index (χ0n) is 15.8. The number of hydrogen-bond acceptors (Lipinski definition) is 1. The van der Waals surface area contributed by atoms with Gasteiger partial charge in [0.15, 0.2) is 0 Å². The molecule has 5 aromatic rings. The summed E-state index contributed by atoms with van der Waals surface area (Å²) in [5.74, 6) is 0. The Labute approximate surface area is 165 Å². The molecule has 0 N–H and O–H groups in total. The van der Waals surface area contributed by atoms with Crippen LogP contribution >= 0.6 is 0 Å². The summed E-state index contributed by atoms with van der Waals surface area (Å²) in [6.07, 6.45) is 0. The molecule has 0 aliphatic rings. The van der Waals surface area contributed by atoms with Gasteiger partial charge in [-0.3, -0.25) is 0 Å². The van der Waals surface area contributed by atoms with E-state index in [0.29, 0.717) is 0 Å². The highest BCUT2D eigenvalue weighted by Gasteiger charge is 2.15. The molecular weight excluding hydrogens is 338 g/mol. The third-order valence-electron chi connectivity index (χ3n) is 5.26. The molecule has 0 unspecified atom stereocenters. The van der Waals surface area contributed by atoms with E-state index >= 15 is 0 Å². The van der Waals surface area contributed by atoms with E-state index in [2.05, 4.69) is 121 Å². The Hall–Kier alpha value is -3.58. The van der Waals surface area contributed by atoms with E-state index < -0.39 is 0 Å². The van der Waals surface area contributed by atoms with Gasteiger partial charge in [0.05, 0.1) is 5.69 Å². The van der Waals surface area contributed by atoms with Crippen LogP contribution in [0.2, 0.25) is 0 Å². The van der Waals surface area contributed by atoms with Crippen molar-refractivity contribution in [2.75, 3.05) is 4.90 Å². The fourth-order valence-corrected chi connectivity index (χ4v) is 3.91. The molecule has 0 radical (unpaired) electrons. The molecule has 1 heteroatoms. The number of benzene rings is 5. The number of fused-ring (bicyclic) bond motifs is 2. The van der Waals surface area contributed by atoms with Crippen molar-refractivity contribution < 1.29 is 0 Å². The van der Waals surface area contributed by atoms with Crippen LogP contribution in [0.1, 0.15) is 5.56 Å². The zero-order chi connectivity index (χ0) is 18.9. The first kappa shape index (κ1) is 16.6. The normalized spacial score (nSPS) is 11.0. The van der Waals surface area contributed by atoms with Crippen LogP contribution < -0.4 is 4.90 Å². The number of anilines is 3. The van der Waals surface area contributed by atoms with Crippen LogP contribution in [0, 0.1) is 6.92 Å². The van der Waals surface area contributed by atoms with Gasteiger partial charge >= 0.3 is 0 Å². The first-order valence-electron chi connectivity index (χ1n) is 9.63. The Balaban J connectivity index is 1.79. The molecule has 0 fully saturated rings. The van der Waals surface area contributed by atoms with Crippen LogP contribution in [0.3, 0.4) is 0 Å². The molecule has 0 saturated carbocycles. The van der Waals surface area contributed by atoms with Crippen LogP contribution in [0.5, 0.6) is 0 Å². The van der Waals surface area contributed by atoms with Crippen molar-refractivity contribution in [3.63, 3.8) is 0 Å². The molecule has 0 aliphatic heterocycles. The molecule has 5 aromatic carbocycles. The monoisotopic (exact) mass is 359 g/mol. The SMILES string of the molecule is Cc1cccc(N(c2ccc3ccccc3c2)c2cccc3ccccc23)c1. The molecule has 0 bridgehead atoms. The lowest BCUT2D eigenvalue weighted by atomic mass is 10.0. The van der Waals surface area contributed by atoms with E-state index in [1.54, 1.807) is 0 Å². The Morgan fingerprint density at radius 3 is 2.04 bits per heavy atom. The van der Waals surface area contributed by atoms with E-state index in [9.17, 15) is 0 Å². The minimum absolute atomic E-state index is 1.17. The minimum Gasteiger partial charge on any atom is -0.310 e. The molecule has 134 valence electrons. The fourth-order valence-electron chi connectivity index (χ4n) is 3.91. The van der Waals surface area contributed by atoms with Crippen LogP contribution in [0.4, 0.5) is 17.1 Å². The summed E-state index contributed by atoms with van der Waals surface area (Å²) in [7, 11) is 0. The predicted octanol–water partition coefficient (Wildman–Crippen LogP) is 7.77. The standard InChI is InChI=1S/C27H21N/c1-20-8-6-13-24(18-20)28(25-17-16-21-9-2-3-11-23(21)19-25)27-15-7-12-22-10-4-5-14-26(22)27/h2-19H,1H3. The number of nitrogens with zero attached hydrogens (tertiary/aromatic N) is 1. The van der Waals surface area contributed by atoms with Crippen molar-refractivity contribution in [2.45, 2.75) is 6.92 Å². The largest absolute Gasteiger partial charge is 0.310 e. The molecule has 0 aliphatic carbocycles. The summed E-state index contributed by atoms with van der Waals surface area (Å²) in [5, 5.41) is 5.00. The summed E-state index contributed by atoms with van der Waals surface area (Å²) >= 11 is 0. The Morgan fingerprint density at radius 2 is 1.18 bits per heavy atom. The topological polar surface area (TPSA) is 3.24 Å². The van der Waals surface area contributed by atoms with Crippen molar-refractivity contribution in [2.24, 2.45) is 0 Å². The Kier molecular flexibility index (Phi) is 4.06. The summed E-state index contributed by atoms with van der Waals surface area (Å²) in [4.78, 5) is 2.36. The minimum atomic E-state index is 1.17. The molecule has 0 aromatic heterocycles. The van der Waals surface area contributed by atoms with Gasteiger partial charge in [0.2, 0.25) is 0 Å². The second-order valence-corrected chi connectivity index (χ2v) is 7.20. The molecule has 0 amide bonds.